The number of nitrogens with zero attached hydrogens (tertiary/aromatic N) is 1. The molecule has 3 nitrogen and oxygen atoms in total. The van der Waals surface area contributed by atoms with Gasteiger partial charge in [0.05, 0.1) is 0 Å². The molecule has 0 saturated carbocycles. The molecule has 0 saturated heterocycles. The zero-order chi connectivity index (χ0) is 6.57. The molecule has 2 amide bonds. The molecule has 0 heterocycles. The molecule has 0 rings (SSSR count). The Morgan fingerprint density at radius 2 is 1.88 bits per heavy atom. The Balaban J connectivity index is 3.88. The fourth-order valence-corrected chi connectivity index (χ4v) is 0.205. The molecule has 44 valence electrons. The first-order valence-corrected chi connectivity index (χ1v) is 2.06. The van der Waals surface area contributed by atoms with Crippen molar-refractivity contribution in [2.24, 2.45) is 0 Å². The minimum absolute atomic E-state index is 0.412. The highest BCUT2D eigenvalue weighted by molar-refractivity contribution is 5.71. The van der Waals surface area contributed by atoms with Crippen LogP contribution in [0, 0.1) is 0 Å². The predicted molar refractivity (Wildman–Crippen MR) is 28.8 cm³/mol. The molecule has 0 aliphatic carbocycles. The third-order valence-corrected chi connectivity index (χ3v) is 0.668. The van der Waals surface area contributed by atoms with Crippen molar-refractivity contribution in [1.82, 2.24) is 4.90 Å². The van der Waals surface area contributed by atoms with Crippen LogP contribution in [0.3, 0.4) is 0 Å². The summed E-state index contributed by atoms with van der Waals surface area (Å²) in [5.41, 5.74) is 0.426. The normalized spacial score (nSPS) is 7.62. The largest absolute Gasteiger partial charge is 0.278 e. The van der Waals surface area contributed by atoms with Gasteiger partial charge in [-0.1, -0.05) is 6.58 Å². The van der Waals surface area contributed by atoms with Crippen LogP contribution in [0.4, 0.5) is 0 Å². The Morgan fingerprint density at radius 3 is 1.88 bits per heavy atom. The van der Waals surface area contributed by atoms with Gasteiger partial charge in [-0.05, 0) is 6.92 Å². The van der Waals surface area contributed by atoms with Crippen LogP contribution in [0.1, 0.15) is 6.92 Å². The van der Waals surface area contributed by atoms with Gasteiger partial charge in [-0.2, -0.15) is 0 Å². The summed E-state index contributed by atoms with van der Waals surface area (Å²) in [5, 5.41) is 0. The maximum absolute atomic E-state index is 9.81. The van der Waals surface area contributed by atoms with E-state index in [1.165, 1.54) is 0 Å². The van der Waals surface area contributed by atoms with Crippen molar-refractivity contribution in [1.29, 1.82) is 0 Å². The molecule has 8 heavy (non-hydrogen) atoms. The number of rotatable bonds is 3. The van der Waals surface area contributed by atoms with E-state index in [1.54, 1.807) is 6.92 Å². The van der Waals surface area contributed by atoms with E-state index in [0.29, 0.717) is 18.5 Å². The second-order valence-electron chi connectivity index (χ2n) is 1.35. The summed E-state index contributed by atoms with van der Waals surface area (Å²) >= 11 is 0. The summed E-state index contributed by atoms with van der Waals surface area (Å²) in [6.45, 7) is 4.93. The molecule has 0 unspecified atom stereocenters. The zero-order valence-electron chi connectivity index (χ0n) is 4.63. The summed E-state index contributed by atoms with van der Waals surface area (Å²) in [5.74, 6) is 0. The van der Waals surface area contributed by atoms with Crippen molar-refractivity contribution < 1.29 is 9.59 Å². The van der Waals surface area contributed by atoms with Crippen LogP contribution in [0.25, 0.3) is 0 Å². The molecule has 0 aliphatic rings. The molecule has 0 aromatic heterocycles. The van der Waals surface area contributed by atoms with Gasteiger partial charge in [0.25, 0.3) is 0 Å². The van der Waals surface area contributed by atoms with Crippen LogP contribution in [-0.4, -0.2) is 17.7 Å². The van der Waals surface area contributed by atoms with Crippen LogP contribution in [-0.2, 0) is 9.59 Å². The molecule has 0 fully saturated rings. The van der Waals surface area contributed by atoms with Crippen molar-refractivity contribution in [2.45, 2.75) is 6.92 Å². The Labute approximate surface area is 47.6 Å². The predicted octanol–water partition coefficient (Wildman–Crippen LogP) is 0.135. The zero-order valence-corrected chi connectivity index (χ0v) is 4.63. The Hall–Kier alpha value is -1.12. The molecule has 0 atom stereocenters. The quantitative estimate of drug-likeness (QED) is 0.488. The number of carbonyl (C=O) groups is 2. The van der Waals surface area contributed by atoms with Gasteiger partial charge in [-0.25, -0.2) is 0 Å². The topological polar surface area (TPSA) is 37.4 Å². The number of hydrogen-bond donors (Lipinski definition) is 0. The van der Waals surface area contributed by atoms with Gasteiger partial charge in [0.1, 0.15) is 0 Å². The first kappa shape index (κ1) is 6.88. The maximum Gasteiger partial charge on any atom is 0.220 e. The number of hydrogen-bond acceptors (Lipinski definition) is 2. The molecule has 3 heteroatoms. The van der Waals surface area contributed by atoms with Gasteiger partial charge >= 0.3 is 0 Å². The van der Waals surface area contributed by atoms with E-state index >= 15 is 0 Å². The standard InChI is InChI=1S/C5H7NO2/c1-5(2)6(3-7)4-8/h3-4H,1H2,2H3. The monoisotopic (exact) mass is 113 g/mol. The number of carbonyl (C=O) groups excluding carboxylic acids is 2. The molecular formula is C5H7NO2. The van der Waals surface area contributed by atoms with E-state index in [0.717, 1.165) is 4.90 Å². The summed E-state index contributed by atoms with van der Waals surface area (Å²) in [7, 11) is 0. The van der Waals surface area contributed by atoms with E-state index in [1.807, 2.05) is 0 Å². The van der Waals surface area contributed by atoms with Gasteiger partial charge in [-0.3, -0.25) is 14.5 Å². The van der Waals surface area contributed by atoms with Crippen LogP contribution >= 0.6 is 0 Å². The average molecular weight is 113 g/mol. The third-order valence-electron chi connectivity index (χ3n) is 0.668. The van der Waals surface area contributed by atoms with Gasteiger partial charge in [0.2, 0.25) is 12.8 Å². The van der Waals surface area contributed by atoms with Crippen LogP contribution in [0.15, 0.2) is 12.3 Å². The Morgan fingerprint density at radius 1 is 1.50 bits per heavy atom. The van der Waals surface area contributed by atoms with Crippen molar-refractivity contribution in [3.8, 4) is 0 Å². The first-order valence-electron chi connectivity index (χ1n) is 2.06. The van der Waals surface area contributed by atoms with Crippen molar-refractivity contribution in [3.63, 3.8) is 0 Å². The summed E-state index contributed by atoms with van der Waals surface area (Å²) in [6.07, 6.45) is 0.824. The van der Waals surface area contributed by atoms with E-state index in [2.05, 4.69) is 6.58 Å². The van der Waals surface area contributed by atoms with Crippen molar-refractivity contribution in [2.75, 3.05) is 0 Å². The van der Waals surface area contributed by atoms with Crippen molar-refractivity contribution in [3.05, 3.63) is 12.3 Å². The minimum atomic E-state index is 0.412. The highest BCUT2D eigenvalue weighted by Crippen LogP contribution is 1.89. The average Bonchev–Trinajstić information content (AvgIpc) is 1.69. The molecule has 0 bridgehead atoms. The molecule has 0 aromatic carbocycles. The smallest absolute Gasteiger partial charge is 0.220 e. The Bertz CT molecular complexity index is 112. The van der Waals surface area contributed by atoms with E-state index in [-0.39, 0.29) is 0 Å². The van der Waals surface area contributed by atoms with Gasteiger partial charge in [0, 0.05) is 5.70 Å². The highest BCUT2D eigenvalue weighted by Gasteiger charge is 1.94. The van der Waals surface area contributed by atoms with E-state index in [4.69, 9.17) is 0 Å². The van der Waals surface area contributed by atoms with Gasteiger partial charge in [-0.15, -0.1) is 0 Å². The Kier molecular flexibility index (Phi) is 2.54. The van der Waals surface area contributed by atoms with Gasteiger partial charge < -0.3 is 0 Å². The summed E-state index contributed by atoms with van der Waals surface area (Å²) in [6, 6.07) is 0. The fraction of sp³-hybridized carbons (Fsp3) is 0.200. The van der Waals surface area contributed by atoms with Crippen LogP contribution < -0.4 is 0 Å². The molecule has 0 aliphatic heterocycles. The van der Waals surface area contributed by atoms with Gasteiger partial charge in [0.15, 0.2) is 0 Å². The molecule has 0 N–H and O–H groups in total. The van der Waals surface area contributed by atoms with E-state index < -0.39 is 0 Å². The number of amides is 2. The van der Waals surface area contributed by atoms with Crippen molar-refractivity contribution >= 4 is 12.8 Å². The molecular weight excluding hydrogens is 106 g/mol. The number of imide groups is 1. The lowest BCUT2D eigenvalue weighted by Crippen LogP contribution is -2.15. The van der Waals surface area contributed by atoms with E-state index in [9.17, 15) is 9.59 Å². The van der Waals surface area contributed by atoms with Crippen LogP contribution in [0.2, 0.25) is 0 Å². The summed E-state index contributed by atoms with van der Waals surface area (Å²) < 4.78 is 0. The summed E-state index contributed by atoms with van der Waals surface area (Å²) in [4.78, 5) is 20.5. The second-order valence-corrected chi connectivity index (χ2v) is 1.35. The third kappa shape index (κ3) is 1.55. The fourth-order valence-electron chi connectivity index (χ4n) is 0.205. The highest BCUT2D eigenvalue weighted by atomic mass is 16.2. The first-order chi connectivity index (χ1) is 3.72. The maximum atomic E-state index is 9.81. The SMILES string of the molecule is C=C(C)N(C=O)C=O. The molecule has 0 radical (unpaired) electrons. The van der Waals surface area contributed by atoms with Crippen LogP contribution in [0.5, 0.6) is 0 Å². The second kappa shape index (κ2) is 2.96. The number of allylic oxidation sites excluding steroid dienone is 1. The lowest BCUT2D eigenvalue weighted by atomic mass is 10.5. The molecule has 0 spiro atoms. The molecule has 0 aromatic rings. The lowest BCUT2D eigenvalue weighted by molar-refractivity contribution is -0.127. The lowest BCUT2D eigenvalue weighted by Gasteiger charge is -2.04. The minimum Gasteiger partial charge on any atom is -0.278 e.